The molecule has 0 aliphatic rings. The van der Waals surface area contributed by atoms with Gasteiger partial charge in [-0.05, 0) is 53.5 Å². The lowest BCUT2D eigenvalue weighted by atomic mass is 10.2. The van der Waals surface area contributed by atoms with Crippen molar-refractivity contribution in [1.82, 2.24) is 9.97 Å². The van der Waals surface area contributed by atoms with Crippen molar-refractivity contribution in [3.8, 4) is 11.8 Å². The number of aryl methyl sites for hydroxylation is 2. The van der Waals surface area contributed by atoms with Crippen LogP contribution in [0.5, 0.6) is 11.8 Å². The molecule has 5 nitrogen and oxygen atoms in total. The highest BCUT2D eigenvalue weighted by Crippen LogP contribution is 2.28. The van der Waals surface area contributed by atoms with E-state index in [4.69, 9.17) is 15.9 Å². The molecule has 0 bridgehead atoms. The lowest BCUT2D eigenvalue weighted by Gasteiger charge is -2.08. The van der Waals surface area contributed by atoms with Crippen molar-refractivity contribution < 1.29 is 4.74 Å². The third kappa shape index (κ3) is 3.29. The molecule has 0 unspecified atom stereocenters. The minimum atomic E-state index is -0.113. The van der Waals surface area contributed by atoms with Gasteiger partial charge in [-0.25, -0.2) is 4.98 Å². The number of nitrogens with one attached hydrogen (secondary N) is 1. The fourth-order valence-electron chi connectivity index (χ4n) is 1.51. The molecule has 2 rings (SSSR count). The molecule has 1 heterocycles. The van der Waals surface area contributed by atoms with Gasteiger partial charge in [0.2, 0.25) is 0 Å². The summed E-state index contributed by atoms with van der Waals surface area (Å²) in [7, 11) is 0. The average Bonchev–Trinajstić information content (AvgIpc) is 2.32. The van der Waals surface area contributed by atoms with Crippen molar-refractivity contribution >= 4 is 21.8 Å². The summed E-state index contributed by atoms with van der Waals surface area (Å²) in [6.07, 6.45) is 0. The number of benzene rings is 1. The number of hydrogen-bond donors (Lipinski definition) is 2. The van der Waals surface area contributed by atoms with Crippen molar-refractivity contribution in [3.05, 3.63) is 45.7 Å². The molecule has 6 heteroatoms. The molecule has 0 aliphatic carbocycles. The highest BCUT2D eigenvalue weighted by Gasteiger charge is 2.09. The quantitative estimate of drug-likeness (QED) is 0.672. The van der Waals surface area contributed by atoms with Crippen LogP contribution >= 0.6 is 15.9 Å². The molecule has 0 saturated heterocycles. The zero-order chi connectivity index (χ0) is 14.0. The molecule has 0 amide bonds. The molecule has 0 spiro atoms. The molecule has 0 radical (unpaired) electrons. The third-order valence-corrected chi connectivity index (χ3v) is 3.02. The fraction of sp³-hybridized carbons (Fsp3) is 0.154. The minimum Gasteiger partial charge on any atom is -0.423 e. The summed E-state index contributed by atoms with van der Waals surface area (Å²) in [6, 6.07) is 7.52. The van der Waals surface area contributed by atoms with Crippen LogP contribution in [0.3, 0.4) is 0 Å². The van der Waals surface area contributed by atoms with Crippen LogP contribution in [0.15, 0.2) is 28.7 Å². The highest BCUT2D eigenvalue weighted by molar-refractivity contribution is 9.10. The summed E-state index contributed by atoms with van der Waals surface area (Å²) in [4.78, 5) is 8.26. The number of hydrogen-bond acceptors (Lipinski definition) is 4. The number of amidine groups is 1. The molecule has 0 aliphatic heterocycles. The van der Waals surface area contributed by atoms with E-state index in [1.807, 2.05) is 25.1 Å². The van der Waals surface area contributed by atoms with Gasteiger partial charge < -0.3 is 10.5 Å². The van der Waals surface area contributed by atoms with E-state index >= 15 is 0 Å². The predicted octanol–water partition coefficient (Wildman–Crippen LogP) is 2.93. The van der Waals surface area contributed by atoms with Gasteiger partial charge in [-0.2, -0.15) is 4.98 Å². The number of rotatable bonds is 3. The number of halogens is 1. The predicted molar refractivity (Wildman–Crippen MR) is 76.7 cm³/mol. The lowest BCUT2D eigenvalue weighted by molar-refractivity contribution is 0.437. The zero-order valence-electron chi connectivity index (χ0n) is 10.6. The number of aromatic nitrogens is 2. The summed E-state index contributed by atoms with van der Waals surface area (Å²) < 4.78 is 6.44. The molecule has 3 N–H and O–H groups in total. The first-order chi connectivity index (χ1) is 8.95. The van der Waals surface area contributed by atoms with E-state index in [1.54, 1.807) is 13.0 Å². The van der Waals surface area contributed by atoms with Crippen molar-refractivity contribution in [1.29, 1.82) is 5.41 Å². The molecular formula is C13H13BrN4O. The third-order valence-electron chi connectivity index (χ3n) is 2.40. The van der Waals surface area contributed by atoms with Crippen LogP contribution in [-0.4, -0.2) is 15.8 Å². The highest BCUT2D eigenvalue weighted by atomic mass is 79.9. The van der Waals surface area contributed by atoms with Crippen molar-refractivity contribution in [2.24, 2.45) is 5.73 Å². The van der Waals surface area contributed by atoms with E-state index in [-0.39, 0.29) is 11.8 Å². The van der Waals surface area contributed by atoms with Gasteiger partial charge in [0.05, 0.1) is 4.47 Å². The first kappa shape index (κ1) is 13.5. The monoisotopic (exact) mass is 320 g/mol. The van der Waals surface area contributed by atoms with Gasteiger partial charge in [-0.15, -0.1) is 0 Å². The normalized spacial score (nSPS) is 10.3. The summed E-state index contributed by atoms with van der Waals surface area (Å²) in [6.45, 7) is 3.79. The van der Waals surface area contributed by atoms with Crippen LogP contribution in [0.4, 0.5) is 0 Å². The first-order valence-corrected chi connectivity index (χ1v) is 6.39. The van der Waals surface area contributed by atoms with Crippen LogP contribution < -0.4 is 10.5 Å². The average molecular weight is 321 g/mol. The number of nitrogens with zero attached hydrogens (tertiary/aromatic N) is 2. The standard InChI is InChI=1S/C13H13BrN4O/c1-7-3-4-11(9(14)5-7)19-13-17-8(2)6-10(18-13)12(15)16/h3-6H,1-2H3,(H3,15,16). The summed E-state index contributed by atoms with van der Waals surface area (Å²) in [5.41, 5.74) is 7.59. The molecule has 1 aromatic heterocycles. The Morgan fingerprint density at radius 3 is 2.63 bits per heavy atom. The van der Waals surface area contributed by atoms with E-state index in [9.17, 15) is 0 Å². The molecule has 1 aromatic carbocycles. The van der Waals surface area contributed by atoms with Gasteiger partial charge in [0.25, 0.3) is 0 Å². The Kier molecular flexibility index (Phi) is 3.80. The van der Waals surface area contributed by atoms with Crippen molar-refractivity contribution in [2.75, 3.05) is 0 Å². The molecule has 0 saturated carbocycles. The van der Waals surface area contributed by atoms with E-state index in [0.29, 0.717) is 17.1 Å². The van der Waals surface area contributed by atoms with Gasteiger partial charge in [0, 0.05) is 5.69 Å². The second-order valence-corrected chi connectivity index (χ2v) is 4.98. The molecule has 0 atom stereocenters. The van der Waals surface area contributed by atoms with Crippen LogP contribution in [0.1, 0.15) is 17.0 Å². The SMILES string of the molecule is Cc1ccc(Oc2nc(C)cc(C(=N)N)n2)c(Br)c1. The molecule has 19 heavy (non-hydrogen) atoms. The lowest BCUT2D eigenvalue weighted by Crippen LogP contribution is -2.14. The van der Waals surface area contributed by atoms with Crippen molar-refractivity contribution in [3.63, 3.8) is 0 Å². The first-order valence-electron chi connectivity index (χ1n) is 5.60. The number of nitrogen functional groups attached to an aromatic ring is 1. The number of nitrogens with two attached hydrogens (primary N) is 1. The maximum atomic E-state index is 7.40. The smallest absolute Gasteiger partial charge is 0.322 e. The van der Waals surface area contributed by atoms with E-state index in [1.165, 1.54) is 0 Å². The fourth-order valence-corrected chi connectivity index (χ4v) is 2.09. The topological polar surface area (TPSA) is 84.9 Å². The Morgan fingerprint density at radius 1 is 1.26 bits per heavy atom. The van der Waals surface area contributed by atoms with Crippen LogP contribution in [-0.2, 0) is 0 Å². The van der Waals surface area contributed by atoms with Crippen LogP contribution in [0.2, 0.25) is 0 Å². The summed E-state index contributed by atoms with van der Waals surface area (Å²) in [5.74, 6) is 0.504. The molecule has 2 aromatic rings. The Hall–Kier alpha value is -1.95. The van der Waals surface area contributed by atoms with Gasteiger partial charge in [-0.1, -0.05) is 6.07 Å². The summed E-state index contributed by atoms with van der Waals surface area (Å²) in [5, 5.41) is 7.40. The second-order valence-electron chi connectivity index (χ2n) is 4.13. The Bertz CT molecular complexity index is 643. The Morgan fingerprint density at radius 2 is 2.00 bits per heavy atom. The van der Waals surface area contributed by atoms with Gasteiger partial charge in [0.1, 0.15) is 17.3 Å². The van der Waals surface area contributed by atoms with E-state index in [0.717, 1.165) is 10.0 Å². The van der Waals surface area contributed by atoms with Crippen LogP contribution in [0.25, 0.3) is 0 Å². The Balaban J connectivity index is 2.35. The second kappa shape index (κ2) is 5.36. The van der Waals surface area contributed by atoms with E-state index < -0.39 is 0 Å². The molecular weight excluding hydrogens is 308 g/mol. The minimum absolute atomic E-state index is 0.113. The maximum Gasteiger partial charge on any atom is 0.322 e. The Labute approximate surface area is 119 Å². The maximum absolute atomic E-state index is 7.40. The van der Waals surface area contributed by atoms with Gasteiger partial charge in [0.15, 0.2) is 0 Å². The van der Waals surface area contributed by atoms with Crippen molar-refractivity contribution in [2.45, 2.75) is 13.8 Å². The van der Waals surface area contributed by atoms with E-state index in [2.05, 4.69) is 25.9 Å². The zero-order valence-corrected chi connectivity index (χ0v) is 12.2. The van der Waals surface area contributed by atoms with Gasteiger partial charge >= 0.3 is 6.01 Å². The van der Waals surface area contributed by atoms with Gasteiger partial charge in [-0.3, -0.25) is 5.41 Å². The number of ether oxygens (including phenoxy) is 1. The molecule has 0 fully saturated rings. The van der Waals surface area contributed by atoms with Crippen LogP contribution in [0, 0.1) is 19.3 Å². The largest absolute Gasteiger partial charge is 0.423 e. The molecule has 98 valence electrons. The summed E-state index contributed by atoms with van der Waals surface area (Å²) >= 11 is 3.42.